The molecule has 13 heteroatoms. The Bertz CT molecular complexity index is 2030. The van der Waals surface area contributed by atoms with Crippen LogP contribution in [0.25, 0.3) is 0 Å². The highest BCUT2D eigenvalue weighted by molar-refractivity contribution is 8.00. The fourth-order valence-electron chi connectivity index (χ4n) is 8.29. The largest absolute Gasteiger partial charge is 0.484 e. The predicted octanol–water partition coefficient (Wildman–Crippen LogP) is 6.46. The zero-order valence-electron chi connectivity index (χ0n) is 25.3. The van der Waals surface area contributed by atoms with E-state index in [1.165, 1.54) is 23.9 Å². The molecule has 1 aromatic heterocycles. The monoisotopic (exact) mass is 691 g/mol. The van der Waals surface area contributed by atoms with Gasteiger partial charge in [-0.15, -0.1) is 11.8 Å². The number of benzene rings is 3. The van der Waals surface area contributed by atoms with Crippen molar-refractivity contribution in [2.75, 3.05) is 16.8 Å². The molecule has 8 nitrogen and oxygen atoms in total. The van der Waals surface area contributed by atoms with Crippen molar-refractivity contribution in [1.82, 2.24) is 4.98 Å². The number of carbonyl (C=O) groups is 3. The smallest absolute Gasteiger partial charge is 0.416 e. The van der Waals surface area contributed by atoms with Crippen molar-refractivity contribution in [3.8, 4) is 5.75 Å². The zero-order chi connectivity index (χ0) is 33.5. The van der Waals surface area contributed by atoms with Crippen molar-refractivity contribution in [2.45, 2.75) is 35.7 Å². The Morgan fingerprint density at radius 2 is 1.71 bits per heavy atom. The summed E-state index contributed by atoms with van der Waals surface area (Å²) >= 11 is 2.67. The topological polar surface area (TPSA) is 109 Å². The van der Waals surface area contributed by atoms with E-state index < -0.39 is 35.4 Å². The Hall–Kier alpha value is -4.36. The molecular formula is C35H28F3N3O5S2. The summed E-state index contributed by atoms with van der Waals surface area (Å²) in [7, 11) is 0. The van der Waals surface area contributed by atoms with E-state index in [2.05, 4.69) is 10.3 Å². The number of hydrogen-bond donors (Lipinski definition) is 2. The second-order valence-electron chi connectivity index (χ2n) is 12.7. The first-order chi connectivity index (χ1) is 23.0. The summed E-state index contributed by atoms with van der Waals surface area (Å²) in [6, 6.07) is 19.2. The van der Waals surface area contributed by atoms with Crippen LogP contribution in [-0.4, -0.2) is 34.6 Å². The van der Waals surface area contributed by atoms with Gasteiger partial charge in [0.1, 0.15) is 5.75 Å². The lowest BCUT2D eigenvalue weighted by atomic mass is 9.68. The summed E-state index contributed by atoms with van der Waals surface area (Å²) in [4.78, 5) is 57.5. The SMILES string of the molecule is Cc1ccccc1NC(=O)COc1ccc([C@H]2c3sc(=O)[nH]c3SC3C2[C@H]2C[C@@H]3C3C(=O)N(c4cccc(C(F)(F)F)c4)C(=O)C32)cc1. The number of para-hydroxylation sites is 1. The first-order valence-electron chi connectivity index (χ1n) is 15.5. The summed E-state index contributed by atoms with van der Waals surface area (Å²) < 4.78 is 46.3. The van der Waals surface area contributed by atoms with Crippen LogP contribution in [0.4, 0.5) is 24.5 Å². The number of rotatable bonds is 6. The molecule has 246 valence electrons. The lowest BCUT2D eigenvalue weighted by Gasteiger charge is -2.43. The van der Waals surface area contributed by atoms with Crippen molar-refractivity contribution in [2.24, 2.45) is 29.6 Å². The molecule has 1 saturated heterocycles. The molecule has 48 heavy (non-hydrogen) atoms. The van der Waals surface area contributed by atoms with Crippen LogP contribution in [-0.2, 0) is 20.6 Å². The van der Waals surface area contributed by atoms with Gasteiger partial charge in [-0.3, -0.25) is 24.1 Å². The highest BCUT2D eigenvalue weighted by Crippen LogP contribution is 2.68. The lowest BCUT2D eigenvalue weighted by Crippen LogP contribution is -2.42. The van der Waals surface area contributed by atoms with Gasteiger partial charge in [-0.25, -0.2) is 0 Å². The first kappa shape index (κ1) is 30.9. The fourth-order valence-corrected chi connectivity index (χ4v) is 11.2. The molecule has 8 rings (SSSR count). The minimum atomic E-state index is -4.61. The van der Waals surface area contributed by atoms with Crippen molar-refractivity contribution in [1.29, 1.82) is 0 Å². The van der Waals surface area contributed by atoms with E-state index in [4.69, 9.17) is 4.74 Å². The molecule has 0 radical (unpaired) electrons. The van der Waals surface area contributed by atoms with Crippen molar-refractivity contribution < 1.29 is 32.3 Å². The summed E-state index contributed by atoms with van der Waals surface area (Å²) in [5, 5.41) is 3.52. The average molecular weight is 692 g/mol. The highest BCUT2D eigenvalue weighted by atomic mass is 32.2. The van der Waals surface area contributed by atoms with E-state index in [1.54, 1.807) is 12.1 Å². The number of amides is 3. The van der Waals surface area contributed by atoms with Gasteiger partial charge in [0.15, 0.2) is 6.61 Å². The zero-order valence-corrected chi connectivity index (χ0v) is 27.0. The number of aromatic nitrogens is 1. The summed E-state index contributed by atoms with van der Waals surface area (Å²) in [6.45, 7) is 1.71. The van der Waals surface area contributed by atoms with Crippen LogP contribution in [0, 0.1) is 36.5 Å². The van der Waals surface area contributed by atoms with Gasteiger partial charge in [0.05, 0.1) is 28.1 Å². The molecule has 2 aliphatic heterocycles. The molecule has 4 unspecified atom stereocenters. The molecule has 4 aliphatic rings. The number of ether oxygens (including phenoxy) is 1. The molecule has 2 bridgehead atoms. The molecule has 0 spiro atoms. The molecular weight excluding hydrogens is 664 g/mol. The van der Waals surface area contributed by atoms with E-state index in [0.717, 1.165) is 49.4 Å². The van der Waals surface area contributed by atoms with Gasteiger partial charge >= 0.3 is 11.0 Å². The molecule has 2 N–H and O–H groups in total. The third kappa shape index (κ3) is 4.97. The van der Waals surface area contributed by atoms with Gasteiger partial charge in [-0.1, -0.05) is 47.7 Å². The molecule has 3 aromatic carbocycles. The van der Waals surface area contributed by atoms with Crippen LogP contribution in [0.2, 0.25) is 0 Å². The summed E-state index contributed by atoms with van der Waals surface area (Å²) in [5.74, 6) is -2.67. The van der Waals surface area contributed by atoms with Crippen molar-refractivity contribution in [3.63, 3.8) is 0 Å². The van der Waals surface area contributed by atoms with Gasteiger partial charge in [-0.05, 0) is 78.6 Å². The number of hydrogen-bond acceptors (Lipinski definition) is 7. The van der Waals surface area contributed by atoms with Gasteiger partial charge in [0, 0.05) is 21.7 Å². The Morgan fingerprint density at radius 3 is 2.44 bits per heavy atom. The van der Waals surface area contributed by atoms with Crippen molar-refractivity contribution in [3.05, 3.63) is 104 Å². The number of nitrogens with zero attached hydrogens (tertiary/aromatic N) is 1. The number of aryl methyl sites for hydroxylation is 1. The maximum Gasteiger partial charge on any atom is 0.416 e. The molecule has 2 aliphatic carbocycles. The fraction of sp³-hybridized carbons (Fsp3) is 0.314. The van der Waals surface area contributed by atoms with Gasteiger partial charge < -0.3 is 15.0 Å². The predicted molar refractivity (Wildman–Crippen MR) is 174 cm³/mol. The number of thiazole rings is 1. The number of thioether (sulfide) groups is 1. The van der Waals surface area contributed by atoms with Crippen LogP contribution in [0.5, 0.6) is 5.75 Å². The third-order valence-corrected chi connectivity index (χ3v) is 12.8. The quantitative estimate of drug-likeness (QED) is 0.225. The van der Waals surface area contributed by atoms with Gasteiger partial charge in [0.25, 0.3) is 5.91 Å². The number of imide groups is 1. The number of fused-ring (bicyclic) bond motifs is 9. The van der Waals surface area contributed by atoms with E-state index >= 15 is 0 Å². The maximum absolute atomic E-state index is 13.9. The average Bonchev–Trinajstić information content (AvgIpc) is 3.80. The molecule has 4 aromatic rings. The molecule has 3 heterocycles. The lowest BCUT2D eigenvalue weighted by molar-refractivity contribution is -0.137. The standard InChI is InChI=1S/C35H28F3N3O5S2/c1-16-5-2-3-8-23(16)39-24(42)15-46-20-11-9-17(10-12-20)25-26-21-14-22(29(26)47-31-30(25)48-34(45)40-31)28-27(21)32(43)41(33(28)44)19-7-4-6-18(13-19)35(36,37)38/h2-13,21-22,25-29H,14-15H2,1H3,(H,39,42)(H,40,45)/t21-,22-,25-,26?,27?,28?,29?/m1/s1. The molecule has 2 saturated carbocycles. The number of halogens is 3. The van der Waals surface area contributed by atoms with Crippen LogP contribution >= 0.6 is 23.1 Å². The second kappa shape index (κ2) is 11.4. The number of alkyl halides is 3. The number of carbonyl (C=O) groups excluding carboxylic acids is 3. The third-order valence-electron chi connectivity index (χ3n) is 10.2. The maximum atomic E-state index is 13.9. The number of aromatic amines is 1. The van der Waals surface area contributed by atoms with E-state index in [1.807, 2.05) is 43.3 Å². The summed E-state index contributed by atoms with van der Waals surface area (Å²) in [5.41, 5.74) is 1.57. The van der Waals surface area contributed by atoms with Crippen LogP contribution in [0.3, 0.4) is 0 Å². The van der Waals surface area contributed by atoms with Gasteiger partial charge in [0.2, 0.25) is 11.8 Å². The number of H-pyrrole nitrogens is 1. The minimum absolute atomic E-state index is 0.0626. The van der Waals surface area contributed by atoms with Crippen molar-refractivity contribution >= 4 is 52.2 Å². The van der Waals surface area contributed by atoms with Crippen LogP contribution in [0.15, 0.2) is 82.6 Å². The second-order valence-corrected chi connectivity index (χ2v) is 14.9. The van der Waals surface area contributed by atoms with Crippen LogP contribution < -0.4 is 19.8 Å². The minimum Gasteiger partial charge on any atom is -0.484 e. The highest BCUT2D eigenvalue weighted by Gasteiger charge is 2.69. The van der Waals surface area contributed by atoms with Crippen LogP contribution in [0.1, 0.15) is 33.9 Å². The Kier molecular flexibility index (Phi) is 7.33. The Morgan fingerprint density at radius 1 is 0.979 bits per heavy atom. The van der Waals surface area contributed by atoms with Gasteiger partial charge in [-0.2, -0.15) is 13.2 Å². The van der Waals surface area contributed by atoms with E-state index in [0.29, 0.717) is 17.9 Å². The Labute approximate surface area is 280 Å². The normalized spacial score (nSPS) is 27.1. The first-order valence-corrected chi connectivity index (χ1v) is 17.2. The Balaban J connectivity index is 1.06. The summed E-state index contributed by atoms with van der Waals surface area (Å²) in [6.07, 6.45) is -3.96. The molecule has 3 fully saturated rings. The number of nitrogens with one attached hydrogen (secondary N) is 2. The number of anilines is 2. The molecule has 7 atom stereocenters. The van der Waals surface area contributed by atoms with E-state index in [9.17, 15) is 32.3 Å². The molecule has 3 amide bonds. The van der Waals surface area contributed by atoms with E-state index in [-0.39, 0.29) is 52.0 Å².